The Kier molecular flexibility index (Phi) is 4.94. The summed E-state index contributed by atoms with van der Waals surface area (Å²) in [6.07, 6.45) is 0. The van der Waals surface area contributed by atoms with Gasteiger partial charge in [0.1, 0.15) is 11.6 Å². The molecule has 0 spiro atoms. The zero-order valence-corrected chi connectivity index (χ0v) is 13.8. The maximum Gasteiger partial charge on any atom is 0.199 e. The molecule has 0 saturated heterocycles. The van der Waals surface area contributed by atoms with Crippen molar-refractivity contribution in [1.82, 2.24) is 0 Å². The lowest BCUT2D eigenvalue weighted by Gasteiger charge is -2.10. The number of carbonyl (C=O) groups excluding carboxylic acids is 1. The Labute approximate surface area is 133 Å². The van der Waals surface area contributed by atoms with Crippen molar-refractivity contribution < 1.29 is 13.9 Å². The third-order valence-electron chi connectivity index (χ3n) is 2.68. The molecule has 0 saturated carbocycles. The summed E-state index contributed by atoms with van der Waals surface area (Å²) < 4.78 is 20.5. The van der Waals surface area contributed by atoms with Crippen LogP contribution in [0.4, 0.5) is 4.39 Å². The number of ether oxygens (including phenoxy) is 1. The van der Waals surface area contributed by atoms with Crippen molar-refractivity contribution in [2.24, 2.45) is 0 Å². The van der Waals surface area contributed by atoms with E-state index >= 15 is 0 Å². The summed E-state index contributed by atoms with van der Waals surface area (Å²) in [6, 6.07) is 9.73. The van der Waals surface area contributed by atoms with E-state index in [1.807, 2.05) is 6.92 Å². The van der Waals surface area contributed by atoms with Crippen LogP contribution < -0.4 is 4.74 Å². The molecule has 2 aromatic rings. The smallest absolute Gasteiger partial charge is 0.199 e. The minimum Gasteiger partial charge on any atom is -0.493 e. The first-order chi connectivity index (χ1) is 9.54. The van der Waals surface area contributed by atoms with Crippen molar-refractivity contribution in [3.05, 3.63) is 62.3 Å². The van der Waals surface area contributed by atoms with E-state index in [4.69, 9.17) is 4.74 Å². The molecule has 0 aliphatic carbocycles. The number of hydrogen-bond acceptors (Lipinski definition) is 2. The number of hydrogen-bond donors (Lipinski definition) is 0. The summed E-state index contributed by atoms with van der Waals surface area (Å²) in [6.45, 7) is 2.26. The van der Waals surface area contributed by atoms with Gasteiger partial charge in [0.25, 0.3) is 0 Å². The third-order valence-corrected chi connectivity index (χ3v) is 3.79. The van der Waals surface area contributed by atoms with Crippen LogP contribution in [-0.2, 0) is 0 Å². The van der Waals surface area contributed by atoms with Crippen molar-refractivity contribution in [1.29, 1.82) is 0 Å². The minimum atomic E-state index is -0.570. The molecule has 20 heavy (non-hydrogen) atoms. The van der Waals surface area contributed by atoms with Crippen molar-refractivity contribution >= 4 is 37.6 Å². The quantitative estimate of drug-likeness (QED) is 0.675. The summed E-state index contributed by atoms with van der Waals surface area (Å²) in [5, 5.41) is 0. The van der Waals surface area contributed by atoms with Gasteiger partial charge < -0.3 is 4.74 Å². The van der Waals surface area contributed by atoms with Gasteiger partial charge in [-0.2, -0.15) is 0 Å². The predicted molar refractivity (Wildman–Crippen MR) is 82.8 cm³/mol. The molecule has 0 amide bonds. The van der Waals surface area contributed by atoms with Gasteiger partial charge in [0, 0.05) is 4.47 Å². The second kappa shape index (κ2) is 6.50. The van der Waals surface area contributed by atoms with Crippen LogP contribution in [-0.4, -0.2) is 12.4 Å². The second-order valence-electron chi connectivity index (χ2n) is 4.00. The molecule has 0 unspecified atom stereocenters. The molecule has 0 aliphatic rings. The summed E-state index contributed by atoms with van der Waals surface area (Å²) in [7, 11) is 0. The fourth-order valence-corrected chi connectivity index (χ4v) is 2.51. The van der Waals surface area contributed by atoms with Crippen LogP contribution in [0.15, 0.2) is 45.3 Å². The van der Waals surface area contributed by atoms with Crippen LogP contribution >= 0.6 is 31.9 Å². The first kappa shape index (κ1) is 15.2. The van der Waals surface area contributed by atoms with Gasteiger partial charge in [0.2, 0.25) is 0 Å². The van der Waals surface area contributed by atoms with E-state index in [2.05, 4.69) is 31.9 Å². The lowest BCUT2D eigenvalue weighted by Crippen LogP contribution is -2.08. The van der Waals surface area contributed by atoms with E-state index in [0.717, 1.165) is 4.47 Å². The maximum absolute atomic E-state index is 14.0. The van der Waals surface area contributed by atoms with E-state index in [1.165, 1.54) is 6.07 Å². The van der Waals surface area contributed by atoms with Crippen molar-refractivity contribution in [2.75, 3.05) is 6.61 Å². The minimum absolute atomic E-state index is 0.0124. The summed E-state index contributed by atoms with van der Waals surface area (Å²) in [4.78, 5) is 12.5. The molecule has 5 heteroatoms. The molecule has 0 fully saturated rings. The van der Waals surface area contributed by atoms with E-state index in [-0.39, 0.29) is 10.0 Å². The average Bonchev–Trinajstić information content (AvgIpc) is 2.43. The molecule has 0 N–H and O–H groups in total. The Morgan fingerprint density at radius 1 is 1.20 bits per heavy atom. The van der Waals surface area contributed by atoms with Gasteiger partial charge in [-0.3, -0.25) is 4.79 Å². The number of ketones is 1. The van der Waals surface area contributed by atoms with Crippen LogP contribution in [0, 0.1) is 5.82 Å². The number of carbonyl (C=O) groups is 1. The van der Waals surface area contributed by atoms with Crippen molar-refractivity contribution in [2.45, 2.75) is 6.92 Å². The van der Waals surface area contributed by atoms with Crippen molar-refractivity contribution in [3.63, 3.8) is 0 Å². The van der Waals surface area contributed by atoms with E-state index in [9.17, 15) is 9.18 Å². The molecule has 0 aromatic heterocycles. The van der Waals surface area contributed by atoms with E-state index in [1.54, 1.807) is 30.3 Å². The highest BCUT2D eigenvalue weighted by atomic mass is 79.9. The van der Waals surface area contributed by atoms with Crippen LogP contribution in [0.3, 0.4) is 0 Å². The van der Waals surface area contributed by atoms with Gasteiger partial charge in [-0.15, -0.1) is 0 Å². The number of rotatable bonds is 4. The molecular formula is C15H11Br2FO2. The highest BCUT2D eigenvalue weighted by molar-refractivity contribution is 9.10. The van der Waals surface area contributed by atoms with Gasteiger partial charge in [0.05, 0.1) is 22.2 Å². The summed E-state index contributed by atoms with van der Waals surface area (Å²) >= 11 is 6.39. The molecule has 2 aromatic carbocycles. The Balaban J connectivity index is 2.52. The maximum atomic E-state index is 14.0. The Morgan fingerprint density at radius 3 is 2.65 bits per heavy atom. The van der Waals surface area contributed by atoms with Crippen LogP contribution in [0.2, 0.25) is 0 Å². The number of benzene rings is 2. The largest absolute Gasteiger partial charge is 0.493 e. The highest BCUT2D eigenvalue weighted by Crippen LogP contribution is 2.28. The standard InChI is InChI=1S/C15H11Br2FO2/c1-2-20-13-7-6-9(16)8-11(13)15(19)10-4-3-5-12(17)14(10)18/h3-8H,2H2,1H3. The lowest BCUT2D eigenvalue weighted by molar-refractivity contribution is 0.103. The van der Waals surface area contributed by atoms with Crippen LogP contribution in [0.5, 0.6) is 5.75 Å². The molecule has 0 aliphatic heterocycles. The van der Waals surface area contributed by atoms with Gasteiger partial charge in [-0.25, -0.2) is 4.39 Å². The van der Waals surface area contributed by atoms with E-state index in [0.29, 0.717) is 17.9 Å². The normalized spacial score (nSPS) is 10.4. The lowest BCUT2D eigenvalue weighted by atomic mass is 10.0. The fraction of sp³-hybridized carbons (Fsp3) is 0.133. The predicted octanol–water partition coefficient (Wildman–Crippen LogP) is 4.98. The molecule has 2 rings (SSSR count). The van der Waals surface area contributed by atoms with Gasteiger partial charge in [-0.05, 0) is 53.2 Å². The zero-order valence-electron chi connectivity index (χ0n) is 10.6. The van der Waals surface area contributed by atoms with Gasteiger partial charge in [-0.1, -0.05) is 22.0 Å². The zero-order chi connectivity index (χ0) is 14.7. The molecule has 2 nitrogen and oxygen atoms in total. The highest BCUT2D eigenvalue weighted by Gasteiger charge is 2.19. The second-order valence-corrected chi connectivity index (χ2v) is 5.77. The third kappa shape index (κ3) is 3.10. The monoisotopic (exact) mass is 400 g/mol. The summed E-state index contributed by atoms with van der Waals surface area (Å²) in [5.74, 6) is -0.534. The summed E-state index contributed by atoms with van der Waals surface area (Å²) in [5.41, 5.74) is 0.344. The SMILES string of the molecule is CCOc1ccc(Br)cc1C(=O)c1cccc(Br)c1F. The molecular weight excluding hydrogens is 391 g/mol. The molecule has 0 heterocycles. The molecule has 0 bridgehead atoms. The Hall–Kier alpha value is -1.20. The van der Waals surface area contributed by atoms with Crippen LogP contribution in [0.1, 0.15) is 22.8 Å². The van der Waals surface area contributed by atoms with Gasteiger partial charge >= 0.3 is 0 Å². The van der Waals surface area contributed by atoms with Crippen LogP contribution in [0.25, 0.3) is 0 Å². The Morgan fingerprint density at radius 2 is 1.95 bits per heavy atom. The first-order valence-electron chi connectivity index (χ1n) is 5.95. The average molecular weight is 402 g/mol. The fourth-order valence-electron chi connectivity index (χ4n) is 1.79. The number of halogens is 3. The van der Waals surface area contributed by atoms with E-state index < -0.39 is 11.6 Å². The van der Waals surface area contributed by atoms with Gasteiger partial charge in [0.15, 0.2) is 5.78 Å². The molecule has 0 atom stereocenters. The van der Waals surface area contributed by atoms with Crippen molar-refractivity contribution in [3.8, 4) is 5.75 Å². The molecule has 0 radical (unpaired) electrons. The topological polar surface area (TPSA) is 26.3 Å². The first-order valence-corrected chi connectivity index (χ1v) is 7.54. The Bertz CT molecular complexity index is 656. The molecule has 104 valence electrons.